The van der Waals surface area contributed by atoms with E-state index in [0.717, 1.165) is 54.6 Å². The Morgan fingerprint density at radius 1 is 0.972 bits per heavy atom. The molecular formula is C29H30ClN5O. The van der Waals surface area contributed by atoms with Crippen molar-refractivity contribution in [1.82, 2.24) is 15.0 Å². The third kappa shape index (κ3) is 5.77. The number of ether oxygens (including phenoxy) is 1. The Bertz CT molecular complexity index is 1290. The number of nitrogens with one attached hydrogen (secondary N) is 1. The van der Waals surface area contributed by atoms with Crippen molar-refractivity contribution in [2.24, 2.45) is 0 Å². The Hall–Kier alpha value is -3.64. The SMILES string of the molecule is CC(C)c1ccccc1Nc1cc(N2CCC(Oc3ccc(Cl)cc3)CC2)nc(-c2cccnc2)n1. The average Bonchev–Trinajstić information content (AvgIpc) is 2.91. The summed E-state index contributed by atoms with van der Waals surface area (Å²) in [5.74, 6) is 3.58. The minimum absolute atomic E-state index is 0.164. The van der Waals surface area contributed by atoms with Gasteiger partial charge in [0.15, 0.2) is 5.82 Å². The van der Waals surface area contributed by atoms with Gasteiger partial charge in [0.2, 0.25) is 0 Å². The number of aromatic nitrogens is 3. The summed E-state index contributed by atoms with van der Waals surface area (Å²) >= 11 is 6.00. The zero-order chi connectivity index (χ0) is 24.9. The maximum atomic E-state index is 6.19. The fraction of sp³-hybridized carbons (Fsp3) is 0.276. The lowest BCUT2D eigenvalue weighted by Crippen LogP contribution is -2.38. The maximum Gasteiger partial charge on any atom is 0.165 e. The molecule has 0 radical (unpaired) electrons. The quantitative estimate of drug-likeness (QED) is 0.292. The fourth-order valence-corrected chi connectivity index (χ4v) is 4.57. The van der Waals surface area contributed by atoms with Crippen LogP contribution in [-0.2, 0) is 0 Å². The normalized spacial score (nSPS) is 14.2. The van der Waals surface area contributed by atoms with Gasteiger partial charge in [0.1, 0.15) is 23.5 Å². The minimum atomic E-state index is 0.164. The van der Waals surface area contributed by atoms with E-state index in [-0.39, 0.29) is 6.10 Å². The van der Waals surface area contributed by atoms with Crippen molar-refractivity contribution in [3.63, 3.8) is 0 Å². The van der Waals surface area contributed by atoms with Crippen LogP contribution in [0.1, 0.15) is 38.2 Å². The van der Waals surface area contributed by atoms with E-state index in [2.05, 4.69) is 47.2 Å². The fourth-order valence-electron chi connectivity index (χ4n) is 4.45. The molecule has 1 fully saturated rings. The third-order valence-electron chi connectivity index (χ3n) is 6.36. The average molecular weight is 500 g/mol. The third-order valence-corrected chi connectivity index (χ3v) is 6.61. The van der Waals surface area contributed by atoms with Gasteiger partial charge in [0, 0.05) is 60.7 Å². The molecule has 2 aromatic heterocycles. The molecule has 6 nitrogen and oxygen atoms in total. The largest absolute Gasteiger partial charge is 0.490 e. The number of para-hydroxylation sites is 1. The van der Waals surface area contributed by atoms with Gasteiger partial charge in [0.25, 0.3) is 0 Å². The van der Waals surface area contributed by atoms with E-state index in [1.165, 1.54) is 5.56 Å². The lowest BCUT2D eigenvalue weighted by Gasteiger charge is -2.33. The van der Waals surface area contributed by atoms with Crippen molar-refractivity contribution in [2.45, 2.75) is 38.7 Å². The van der Waals surface area contributed by atoms with Crippen LogP contribution in [0.2, 0.25) is 5.02 Å². The first kappa shape index (κ1) is 24.1. The summed E-state index contributed by atoms with van der Waals surface area (Å²) in [5.41, 5.74) is 3.20. The van der Waals surface area contributed by atoms with Crippen LogP contribution in [0.15, 0.2) is 79.1 Å². The summed E-state index contributed by atoms with van der Waals surface area (Å²) in [6.07, 6.45) is 5.55. The first-order chi connectivity index (χ1) is 17.5. The molecule has 1 aliphatic heterocycles. The number of hydrogen-bond acceptors (Lipinski definition) is 6. The Labute approximate surface area is 217 Å². The highest BCUT2D eigenvalue weighted by molar-refractivity contribution is 6.30. The Morgan fingerprint density at radius 3 is 2.47 bits per heavy atom. The summed E-state index contributed by atoms with van der Waals surface area (Å²) in [6, 6.07) is 21.9. The molecule has 0 aliphatic carbocycles. The summed E-state index contributed by atoms with van der Waals surface area (Å²) < 4.78 is 6.19. The second kappa shape index (κ2) is 11.0. The highest BCUT2D eigenvalue weighted by Gasteiger charge is 2.23. The molecule has 0 amide bonds. The number of piperidine rings is 1. The molecule has 0 unspecified atom stereocenters. The molecular weight excluding hydrogens is 470 g/mol. The van der Waals surface area contributed by atoms with Gasteiger partial charge in [-0.05, 0) is 53.9 Å². The van der Waals surface area contributed by atoms with Crippen LogP contribution < -0.4 is 15.0 Å². The predicted octanol–water partition coefficient (Wildman–Crippen LogP) is 7.11. The van der Waals surface area contributed by atoms with Gasteiger partial charge in [-0.15, -0.1) is 0 Å². The van der Waals surface area contributed by atoms with Crippen LogP contribution in [0.4, 0.5) is 17.3 Å². The Kier molecular flexibility index (Phi) is 7.33. The predicted molar refractivity (Wildman–Crippen MR) is 146 cm³/mol. The highest BCUT2D eigenvalue weighted by Crippen LogP contribution is 2.30. The Morgan fingerprint density at radius 2 is 1.75 bits per heavy atom. The number of hydrogen-bond donors (Lipinski definition) is 1. The number of pyridine rings is 1. The van der Waals surface area contributed by atoms with Crippen LogP contribution in [-0.4, -0.2) is 34.1 Å². The number of benzene rings is 2. The van der Waals surface area contributed by atoms with E-state index in [9.17, 15) is 0 Å². The monoisotopic (exact) mass is 499 g/mol. The summed E-state index contributed by atoms with van der Waals surface area (Å²) in [7, 11) is 0. The van der Waals surface area contributed by atoms with Crippen LogP contribution in [0, 0.1) is 0 Å². The first-order valence-corrected chi connectivity index (χ1v) is 12.8. The van der Waals surface area contributed by atoms with E-state index in [1.54, 1.807) is 12.4 Å². The molecule has 1 saturated heterocycles. The van der Waals surface area contributed by atoms with Gasteiger partial charge in [0.05, 0.1) is 0 Å². The smallest absolute Gasteiger partial charge is 0.165 e. The molecule has 4 aromatic rings. The van der Waals surface area contributed by atoms with Crippen molar-refractivity contribution >= 4 is 28.9 Å². The standard InChI is InChI=1S/C29H30ClN5O/c1-20(2)25-7-3-4-8-26(25)32-27-18-28(34-29(33-27)21-6-5-15-31-19-21)35-16-13-24(14-17-35)36-23-11-9-22(30)10-12-23/h3-12,15,18-20,24H,13-14,16-17H2,1-2H3,(H,32,33,34). The summed E-state index contributed by atoms with van der Waals surface area (Å²) in [6.45, 7) is 6.10. The lowest BCUT2D eigenvalue weighted by atomic mass is 10.0. The zero-order valence-corrected chi connectivity index (χ0v) is 21.3. The maximum absolute atomic E-state index is 6.19. The molecule has 0 bridgehead atoms. The van der Waals surface area contributed by atoms with Gasteiger partial charge in [-0.2, -0.15) is 0 Å². The van der Waals surface area contributed by atoms with Crippen molar-refractivity contribution in [1.29, 1.82) is 0 Å². The molecule has 1 N–H and O–H groups in total. The van der Waals surface area contributed by atoms with E-state index in [4.69, 9.17) is 26.3 Å². The topological polar surface area (TPSA) is 63.2 Å². The minimum Gasteiger partial charge on any atom is -0.490 e. The molecule has 36 heavy (non-hydrogen) atoms. The van der Waals surface area contributed by atoms with E-state index >= 15 is 0 Å². The Balaban J connectivity index is 1.38. The number of halogens is 1. The molecule has 5 rings (SSSR count). The van der Waals surface area contributed by atoms with Crippen LogP contribution in [0.25, 0.3) is 11.4 Å². The second-order valence-corrected chi connectivity index (χ2v) is 9.74. The van der Waals surface area contributed by atoms with Crippen molar-refractivity contribution in [3.8, 4) is 17.1 Å². The van der Waals surface area contributed by atoms with Gasteiger partial charge >= 0.3 is 0 Å². The lowest BCUT2D eigenvalue weighted by molar-refractivity contribution is 0.170. The second-order valence-electron chi connectivity index (χ2n) is 9.30. The van der Waals surface area contributed by atoms with Crippen molar-refractivity contribution in [3.05, 3.63) is 89.7 Å². The van der Waals surface area contributed by atoms with Gasteiger partial charge in [-0.1, -0.05) is 43.6 Å². The zero-order valence-electron chi connectivity index (χ0n) is 20.6. The molecule has 3 heterocycles. The van der Waals surface area contributed by atoms with E-state index in [0.29, 0.717) is 16.8 Å². The van der Waals surface area contributed by atoms with Crippen molar-refractivity contribution < 1.29 is 4.74 Å². The molecule has 2 aromatic carbocycles. The summed E-state index contributed by atoms with van der Waals surface area (Å²) in [4.78, 5) is 16.4. The van der Waals surface area contributed by atoms with Crippen LogP contribution in [0.5, 0.6) is 5.75 Å². The molecule has 7 heteroatoms. The van der Waals surface area contributed by atoms with Gasteiger partial charge in [-0.3, -0.25) is 4.98 Å². The van der Waals surface area contributed by atoms with Gasteiger partial charge in [-0.25, -0.2) is 9.97 Å². The van der Waals surface area contributed by atoms with Crippen LogP contribution >= 0.6 is 11.6 Å². The molecule has 0 atom stereocenters. The van der Waals surface area contributed by atoms with Crippen LogP contribution in [0.3, 0.4) is 0 Å². The van der Waals surface area contributed by atoms with E-state index < -0.39 is 0 Å². The summed E-state index contributed by atoms with van der Waals surface area (Å²) in [5, 5.41) is 4.27. The van der Waals surface area contributed by atoms with Crippen molar-refractivity contribution in [2.75, 3.05) is 23.3 Å². The molecule has 1 aliphatic rings. The molecule has 0 saturated carbocycles. The van der Waals surface area contributed by atoms with Gasteiger partial charge < -0.3 is 15.0 Å². The molecule has 184 valence electrons. The first-order valence-electron chi connectivity index (χ1n) is 12.4. The van der Waals surface area contributed by atoms with E-state index in [1.807, 2.05) is 48.5 Å². The number of rotatable bonds is 7. The number of nitrogens with zero attached hydrogens (tertiary/aromatic N) is 4. The number of anilines is 3. The molecule has 0 spiro atoms. The highest BCUT2D eigenvalue weighted by atomic mass is 35.5.